The first-order valence-corrected chi connectivity index (χ1v) is 36.0. The Morgan fingerprint density at radius 3 is 1.60 bits per heavy atom. The molecular weight excluding hydrogens is 1420 g/mol. The summed E-state index contributed by atoms with van der Waals surface area (Å²) in [7, 11) is 0.810. The summed E-state index contributed by atoms with van der Waals surface area (Å²) in [6.07, 6.45) is 1.35. The molecule has 2 saturated heterocycles. The van der Waals surface area contributed by atoms with Crippen molar-refractivity contribution < 1.29 is 128 Å². The van der Waals surface area contributed by atoms with Gasteiger partial charge >= 0.3 is 17.9 Å². The Hall–Kier alpha value is -7.20. The van der Waals surface area contributed by atoms with Gasteiger partial charge in [-0.05, 0) is 31.4 Å². The number of para-hydroxylation sites is 1. The van der Waals surface area contributed by atoms with Crippen molar-refractivity contribution in [3.8, 4) is 6.07 Å². The van der Waals surface area contributed by atoms with Crippen LogP contribution in [-0.2, 0) is 89.9 Å². The number of ether oxygens (including phenoxy) is 8. The number of fused-ring (bicyclic) bond motifs is 1. The average Bonchev–Trinajstić information content (AvgIpc) is 1.77. The van der Waals surface area contributed by atoms with Gasteiger partial charge in [0, 0.05) is 83.5 Å². The number of halogens is 2. The number of quaternary nitrogens is 1. The molecule has 0 radical (unpaired) electrons. The molecule has 0 aliphatic carbocycles. The number of phosphoric ester groups is 1. The number of nitriles is 1. The molecule has 0 bridgehead atoms. The summed E-state index contributed by atoms with van der Waals surface area (Å²) in [5.41, 5.74) is 0.775. The number of nitrogens with zero attached hydrogens (tertiary/aromatic N) is 8. The number of carboxylic acids is 3. The van der Waals surface area contributed by atoms with E-state index in [0.29, 0.717) is 99.9 Å². The lowest BCUT2D eigenvalue weighted by atomic mass is 10.1. The van der Waals surface area contributed by atoms with E-state index >= 15 is 0 Å². The highest BCUT2D eigenvalue weighted by molar-refractivity contribution is 7.45. The Morgan fingerprint density at radius 2 is 1.11 bits per heavy atom. The molecule has 1 aromatic heterocycles. The highest BCUT2D eigenvalue weighted by Crippen LogP contribution is 2.38. The number of pyridine rings is 1. The lowest BCUT2D eigenvalue weighted by Gasteiger charge is -2.33. The molecule has 1 unspecified atom stereocenters. The summed E-state index contributed by atoms with van der Waals surface area (Å²) in [5.74, 6) is -10.2. The summed E-state index contributed by atoms with van der Waals surface area (Å²) in [6, 6.07) is 5.59. The number of hydrogen-bond donors (Lipinski definition) is 8. The van der Waals surface area contributed by atoms with Gasteiger partial charge in [0.1, 0.15) is 31.8 Å². The van der Waals surface area contributed by atoms with E-state index < -0.39 is 99.4 Å². The third kappa shape index (κ3) is 40.9. The molecule has 2 aliphatic heterocycles. The first-order chi connectivity index (χ1) is 50.1. The largest absolute Gasteiger partial charge is 0.756 e. The van der Waals surface area contributed by atoms with Crippen LogP contribution in [0.5, 0.6) is 0 Å². The molecular formula is C65H104F2N13O24P. The van der Waals surface area contributed by atoms with E-state index in [1.54, 1.807) is 43.9 Å². The highest BCUT2D eigenvalue weighted by Gasteiger charge is 2.47. The SMILES string of the molecule is C[N+](C)(C)CCOP(=O)([O-])OCC(=O)NCCCC[C@H](NC(=O)CN1CCN(CC(=O)O)CCN(CC(=O)O)CCN(CC(=O)O)CC1)C(=O)NCCOCCOCCOCCOCCOCCOCCOCCOCCC(=O)Nc1cccc2c(C(=O)NCC(=O)N3CC(F)(F)C[C@H]3C#N)ccnc12. The van der Waals surface area contributed by atoms with Gasteiger partial charge in [-0.3, -0.25) is 72.3 Å². The van der Waals surface area contributed by atoms with Crippen LogP contribution in [0.1, 0.15) is 42.5 Å². The van der Waals surface area contributed by atoms with Crippen molar-refractivity contribution in [3.63, 3.8) is 0 Å². The summed E-state index contributed by atoms with van der Waals surface area (Å²) >= 11 is 0. The number of likely N-dealkylation sites (N-methyl/N-ethyl adjacent to an activating group) is 1. The molecule has 40 heteroatoms. The van der Waals surface area contributed by atoms with Crippen molar-refractivity contribution in [2.24, 2.45) is 0 Å². The number of anilines is 1. The molecule has 2 aromatic rings. The third-order valence-electron chi connectivity index (χ3n) is 15.7. The lowest BCUT2D eigenvalue weighted by Crippen LogP contribution is -2.52. The van der Waals surface area contributed by atoms with E-state index in [-0.39, 0.29) is 169 Å². The molecule has 1 aromatic carbocycles. The number of rotatable bonds is 53. The predicted molar refractivity (Wildman–Crippen MR) is 367 cm³/mol. The number of carbonyl (C=O) groups is 9. The third-order valence-corrected chi connectivity index (χ3v) is 16.6. The van der Waals surface area contributed by atoms with Crippen LogP contribution in [0, 0.1) is 11.3 Å². The van der Waals surface area contributed by atoms with Gasteiger partial charge in [0.15, 0.2) is 0 Å². The fourth-order valence-electron chi connectivity index (χ4n) is 10.3. The molecule has 0 saturated carbocycles. The fraction of sp³-hybridized carbons (Fsp3) is 0.708. The fourth-order valence-corrected chi connectivity index (χ4v) is 10.9. The standard InChI is InChI=1S/C65H104F2N13O24P/c1-80(2,3)23-26-103-105(93,94)104-48-57(83)69-12-5-4-8-54(74-56(82)44-75-15-17-76(45-59(85)86)19-21-78(47-61(89)90)22-20-77(18-16-75)46-60(87)88)64(92)71-14-25-96-28-30-98-32-34-100-36-38-102-40-39-101-37-35-99-33-31-97-29-27-95-24-11-55(81)73-53-9-6-7-51-52(10-13-70-62(51)53)63(91)72-43-58(84)79-49-65(66,67)41-50(79)42-68/h6-7,9-10,13,50,54H,4-5,8,11-12,14-41,43-49H2,1-3H3,(H8-,69,71,72,73,74,81,82,83,85,86,87,88,89,90,91,92,93,94)/t50-,54-/m0/s1. The summed E-state index contributed by atoms with van der Waals surface area (Å²) in [4.78, 5) is 137. The van der Waals surface area contributed by atoms with Crippen molar-refractivity contribution in [3.05, 3.63) is 36.0 Å². The van der Waals surface area contributed by atoms with Gasteiger partial charge in [0.2, 0.25) is 29.5 Å². The van der Waals surface area contributed by atoms with Crippen molar-refractivity contribution >= 4 is 77.8 Å². The number of hydrogen-bond acceptors (Lipinski definition) is 27. The number of benzene rings is 1. The maximum Gasteiger partial charge on any atom is 0.317 e. The number of likely N-dealkylation sites (tertiary alicyclic amines) is 1. The van der Waals surface area contributed by atoms with Crippen LogP contribution in [0.4, 0.5) is 14.5 Å². The number of aromatic nitrogens is 1. The number of nitrogens with one attached hydrogen (secondary N) is 5. The maximum atomic E-state index is 13.8. The smallest absolute Gasteiger partial charge is 0.317 e. The zero-order chi connectivity index (χ0) is 76.9. The van der Waals surface area contributed by atoms with Crippen molar-refractivity contribution in [1.82, 2.24) is 50.8 Å². The van der Waals surface area contributed by atoms with E-state index in [0.717, 1.165) is 4.90 Å². The second-order valence-electron chi connectivity index (χ2n) is 25.3. The second-order valence-corrected chi connectivity index (χ2v) is 26.7. The number of aliphatic carboxylic acids is 3. The lowest BCUT2D eigenvalue weighted by molar-refractivity contribution is -0.870. The number of amides is 6. The molecule has 2 aliphatic rings. The summed E-state index contributed by atoms with van der Waals surface area (Å²) in [5, 5.41) is 51.6. The van der Waals surface area contributed by atoms with E-state index in [1.165, 1.54) is 12.3 Å². The Morgan fingerprint density at radius 1 is 0.629 bits per heavy atom. The Labute approximate surface area is 608 Å². The molecule has 37 nitrogen and oxygen atoms in total. The topological polar surface area (TPSA) is 460 Å². The molecule has 8 N–H and O–H groups in total. The van der Waals surface area contributed by atoms with E-state index in [2.05, 4.69) is 31.6 Å². The van der Waals surface area contributed by atoms with Crippen LogP contribution in [0.2, 0.25) is 0 Å². The first kappa shape index (κ1) is 90.2. The molecule has 0 spiro atoms. The van der Waals surface area contributed by atoms with Gasteiger partial charge in [0.05, 0.1) is 195 Å². The van der Waals surface area contributed by atoms with Gasteiger partial charge in [-0.15, -0.1) is 0 Å². The molecule has 592 valence electrons. The monoisotopic (exact) mass is 1520 g/mol. The Bertz CT molecular complexity index is 3070. The molecule has 3 atom stereocenters. The zero-order valence-corrected chi connectivity index (χ0v) is 60.9. The van der Waals surface area contributed by atoms with Crippen LogP contribution in [0.25, 0.3) is 10.9 Å². The minimum atomic E-state index is -4.74. The van der Waals surface area contributed by atoms with Gasteiger partial charge in [-0.1, -0.05) is 12.1 Å². The Kier molecular flexibility index (Phi) is 43.3. The van der Waals surface area contributed by atoms with Gasteiger partial charge < -0.3 is 103 Å². The summed E-state index contributed by atoms with van der Waals surface area (Å²) < 4.78 is 94.2. The van der Waals surface area contributed by atoms with Gasteiger partial charge in [0.25, 0.3) is 19.7 Å². The van der Waals surface area contributed by atoms with Crippen LogP contribution in [0.15, 0.2) is 30.5 Å². The van der Waals surface area contributed by atoms with Crippen LogP contribution in [-0.4, -0.2) is 372 Å². The number of unbranched alkanes of at least 4 members (excludes halogenated alkanes) is 1. The maximum absolute atomic E-state index is 13.8. The van der Waals surface area contributed by atoms with Gasteiger partial charge in [-0.2, -0.15) is 5.26 Å². The number of alkyl halides is 2. The zero-order valence-electron chi connectivity index (χ0n) is 60.0. The number of phosphoric acid groups is 1. The van der Waals surface area contributed by atoms with E-state index in [9.17, 15) is 82.0 Å². The quantitative estimate of drug-likeness (QED) is 0.0197. The highest BCUT2D eigenvalue weighted by atomic mass is 31.2. The summed E-state index contributed by atoms with van der Waals surface area (Å²) in [6.45, 7) is 2.58. The van der Waals surface area contributed by atoms with Crippen LogP contribution < -0.4 is 31.5 Å². The Balaban J connectivity index is 1.03. The average molecular weight is 1520 g/mol. The number of carbonyl (C=O) groups excluding carboxylic acids is 6. The van der Waals surface area contributed by atoms with E-state index in [1.807, 2.05) is 21.1 Å². The van der Waals surface area contributed by atoms with Crippen LogP contribution in [0.3, 0.4) is 0 Å². The molecule has 2 fully saturated rings. The van der Waals surface area contributed by atoms with E-state index in [4.69, 9.17) is 46.9 Å². The minimum absolute atomic E-state index is 0.0104. The molecule has 4 rings (SSSR count). The van der Waals surface area contributed by atoms with Crippen molar-refractivity contribution in [2.45, 2.75) is 50.1 Å². The molecule has 105 heavy (non-hydrogen) atoms. The predicted octanol–water partition coefficient (Wildman–Crippen LogP) is -2.24. The number of carboxylic acid groups (broad SMARTS) is 3. The second kappa shape index (κ2) is 50.4. The minimum Gasteiger partial charge on any atom is -0.756 e. The van der Waals surface area contributed by atoms with Crippen LogP contribution >= 0.6 is 7.82 Å². The normalized spacial score (nSPS) is 16.6. The first-order valence-electron chi connectivity index (χ1n) is 34.6. The van der Waals surface area contributed by atoms with Crippen molar-refractivity contribution in [2.75, 3.05) is 257 Å². The molecule has 6 amide bonds. The van der Waals surface area contributed by atoms with Crippen molar-refractivity contribution in [1.29, 1.82) is 5.26 Å². The van der Waals surface area contributed by atoms with Gasteiger partial charge in [-0.25, -0.2) is 8.78 Å². The molecule has 3 heterocycles.